The molecule has 0 heterocycles. The molecule has 1 aliphatic rings. The number of likely N-dealkylation sites (N-methyl/N-ethyl adjacent to an activating group) is 1. The van der Waals surface area contributed by atoms with Crippen molar-refractivity contribution in [3.05, 3.63) is 0 Å². The van der Waals surface area contributed by atoms with E-state index < -0.39 is 11.5 Å². The third-order valence-electron chi connectivity index (χ3n) is 4.54. The third-order valence-corrected chi connectivity index (χ3v) is 4.54. The van der Waals surface area contributed by atoms with Crippen LogP contribution in [0.4, 0.5) is 4.79 Å². The van der Waals surface area contributed by atoms with Gasteiger partial charge in [0, 0.05) is 13.1 Å². The molecule has 0 unspecified atom stereocenters. The van der Waals surface area contributed by atoms with Crippen LogP contribution in [0.1, 0.15) is 53.4 Å². The molecule has 0 aromatic rings. The number of nitrogens with one attached hydrogen (secondary N) is 1. The van der Waals surface area contributed by atoms with Crippen molar-refractivity contribution in [2.24, 2.45) is 5.41 Å². The van der Waals surface area contributed by atoms with Gasteiger partial charge in [0.05, 0.1) is 0 Å². The Kier molecular flexibility index (Phi) is 4.82. The van der Waals surface area contributed by atoms with E-state index in [2.05, 4.69) is 12.2 Å². The summed E-state index contributed by atoms with van der Waals surface area (Å²) >= 11 is 0. The number of carbonyl (C=O) groups is 2. The number of nitrogens with zero attached hydrogens (tertiary/aromatic N) is 1. The standard InChI is InChI=1S/C14H26N2O3/c1-5-14(8-7-9-14)10-15-12(19)16(6-2)13(3,4)11(17)18/h5-10H2,1-4H3,(H,15,19)(H,17,18). The second kappa shape index (κ2) is 5.80. The minimum atomic E-state index is -1.18. The van der Waals surface area contributed by atoms with Crippen LogP contribution in [0.15, 0.2) is 0 Å². The lowest BCUT2D eigenvalue weighted by Gasteiger charge is -2.42. The topological polar surface area (TPSA) is 69.6 Å². The molecule has 1 saturated carbocycles. The van der Waals surface area contributed by atoms with Crippen LogP contribution in [0, 0.1) is 5.41 Å². The Morgan fingerprint density at radius 3 is 2.21 bits per heavy atom. The maximum absolute atomic E-state index is 12.2. The molecule has 1 aliphatic carbocycles. The first-order valence-corrected chi connectivity index (χ1v) is 7.08. The van der Waals surface area contributed by atoms with Gasteiger partial charge in [0.1, 0.15) is 5.54 Å². The lowest BCUT2D eigenvalue weighted by atomic mass is 9.67. The van der Waals surface area contributed by atoms with Crippen molar-refractivity contribution < 1.29 is 14.7 Å². The summed E-state index contributed by atoms with van der Waals surface area (Å²) in [5.41, 5.74) is -0.944. The van der Waals surface area contributed by atoms with Crippen LogP contribution in [0.3, 0.4) is 0 Å². The highest BCUT2D eigenvalue weighted by atomic mass is 16.4. The van der Waals surface area contributed by atoms with Crippen LogP contribution in [0.2, 0.25) is 0 Å². The minimum Gasteiger partial charge on any atom is -0.480 e. The van der Waals surface area contributed by atoms with Crippen molar-refractivity contribution in [1.29, 1.82) is 0 Å². The van der Waals surface area contributed by atoms with Crippen LogP contribution in [0.5, 0.6) is 0 Å². The number of rotatable bonds is 6. The zero-order chi connectivity index (χ0) is 14.7. The highest BCUT2D eigenvalue weighted by Crippen LogP contribution is 2.43. The average Bonchev–Trinajstić information content (AvgIpc) is 2.28. The Labute approximate surface area is 115 Å². The average molecular weight is 270 g/mol. The molecule has 110 valence electrons. The van der Waals surface area contributed by atoms with Gasteiger partial charge in [-0.25, -0.2) is 9.59 Å². The van der Waals surface area contributed by atoms with Gasteiger partial charge < -0.3 is 15.3 Å². The van der Waals surface area contributed by atoms with E-state index in [-0.39, 0.29) is 11.4 Å². The quantitative estimate of drug-likeness (QED) is 0.779. The van der Waals surface area contributed by atoms with Crippen molar-refractivity contribution in [3.63, 3.8) is 0 Å². The van der Waals surface area contributed by atoms with E-state index in [0.717, 1.165) is 19.3 Å². The molecular formula is C14H26N2O3. The maximum Gasteiger partial charge on any atom is 0.329 e. The van der Waals surface area contributed by atoms with Crippen molar-refractivity contribution in [1.82, 2.24) is 10.2 Å². The van der Waals surface area contributed by atoms with E-state index in [9.17, 15) is 14.7 Å². The number of carboxylic acids is 1. The molecule has 0 radical (unpaired) electrons. The lowest BCUT2D eigenvalue weighted by molar-refractivity contribution is -0.147. The molecule has 1 rings (SSSR count). The number of hydrogen-bond donors (Lipinski definition) is 2. The van der Waals surface area contributed by atoms with Gasteiger partial charge in [-0.1, -0.05) is 13.3 Å². The third kappa shape index (κ3) is 3.19. The van der Waals surface area contributed by atoms with E-state index in [4.69, 9.17) is 0 Å². The molecule has 0 aromatic carbocycles. The molecular weight excluding hydrogens is 244 g/mol. The monoisotopic (exact) mass is 270 g/mol. The van der Waals surface area contributed by atoms with Gasteiger partial charge in [-0.3, -0.25) is 0 Å². The Morgan fingerprint density at radius 1 is 1.32 bits per heavy atom. The SMILES string of the molecule is CCN(C(=O)NCC1(CC)CCC1)C(C)(C)C(=O)O. The van der Waals surface area contributed by atoms with Crippen molar-refractivity contribution in [2.45, 2.75) is 58.9 Å². The van der Waals surface area contributed by atoms with E-state index in [0.29, 0.717) is 13.1 Å². The van der Waals surface area contributed by atoms with Crippen molar-refractivity contribution in [3.8, 4) is 0 Å². The fraction of sp³-hybridized carbons (Fsp3) is 0.857. The lowest BCUT2D eigenvalue weighted by Crippen LogP contribution is -2.57. The predicted molar refractivity (Wildman–Crippen MR) is 74.1 cm³/mol. The zero-order valence-corrected chi connectivity index (χ0v) is 12.5. The molecule has 19 heavy (non-hydrogen) atoms. The number of carboxylic acid groups (broad SMARTS) is 1. The van der Waals surface area contributed by atoms with Crippen LogP contribution in [-0.4, -0.2) is 40.6 Å². The molecule has 1 fully saturated rings. The molecule has 0 spiro atoms. The van der Waals surface area contributed by atoms with E-state index in [1.54, 1.807) is 20.8 Å². The van der Waals surface area contributed by atoms with Gasteiger partial charge in [-0.15, -0.1) is 0 Å². The Hall–Kier alpha value is -1.26. The normalized spacial score (nSPS) is 17.5. The summed E-state index contributed by atoms with van der Waals surface area (Å²) in [6.45, 7) is 8.07. The first kappa shape index (κ1) is 15.8. The smallest absolute Gasteiger partial charge is 0.329 e. The van der Waals surface area contributed by atoms with Gasteiger partial charge in [0.15, 0.2) is 0 Å². The Balaban J connectivity index is 2.62. The molecule has 5 nitrogen and oxygen atoms in total. The molecule has 0 saturated heterocycles. The van der Waals surface area contributed by atoms with E-state index >= 15 is 0 Å². The Morgan fingerprint density at radius 2 is 1.89 bits per heavy atom. The molecule has 0 aromatic heterocycles. The highest BCUT2D eigenvalue weighted by Gasteiger charge is 2.39. The van der Waals surface area contributed by atoms with E-state index in [1.807, 2.05) is 0 Å². The van der Waals surface area contributed by atoms with Gasteiger partial charge in [-0.2, -0.15) is 0 Å². The fourth-order valence-electron chi connectivity index (χ4n) is 2.60. The summed E-state index contributed by atoms with van der Waals surface area (Å²) in [7, 11) is 0. The number of urea groups is 1. The summed E-state index contributed by atoms with van der Waals surface area (Å²) in [5, 5.41) is 12.1. The van der Waals surface area contributed by atoms with Crippen molar-refractivity contribution >= 4 is 12.0 Å². The molecule has 2 N–H and O–H groups in total. The molecule has 5 heteroatoms. The fourth-order valence-corrected chi connectivity index (χ4v) is 2.60. The number of hydrogen-bond acceptors (Lipinski definition) is 2. The second-order valence-corrected chi connectivity index (χ2v) is 5.97. The summed E-state index contributed by atoms with van der Waals surface area (Å²) in [5.74, 6) is -0.988. The summed E-state index contributed by atoms with van der Waals surface area (Å²) in [6.07, 6.45) is 4.58. The van der Waals surface area contributed by atoms with Gasteiger partial charge >= 0.3 is 12.0 Å². The number of carbonyl (C=O) groups excluding carboxylic acids is 1. The van der Waals surface area contributed by atoms with Crippen LogP contribution < -0.4 is 5.32 Å². The first-order chi connectivity index (χ1) is 8.79. The summed E-state index contributed by atoms with van der Waals surface area (Å²) in [6, 6.07) is -0.283. The Bertz CT molecular complexity index is 343. The van der Waals surface area contributed by atoms with Gasteiger partial charge in [0.2, 0.25) is 0 Å². The number of aliphatic carboxylic acids is 1. The molecule has 0 aliphatic heterocycles. The maximum atomic E-state index is 12.2. The van der Waals surface area contributed by atoms with E-state index in [1.165, 1.54) is 11.3 Å². The zero-order valence-electron chi connectivity index (χ0n) is 12.5. The van der Waals surface area contributed by atoms with Crippen LogP contribution in [0.25, 0.3) is 0 Å². The predicted octanol–water partition coefficient (Wildman–Crippen LogP) is 2.46. The largest absolute Gasteiger partial charge is 0.480 e. The van der Waals surface area contributed by atoms with Crippen LogP contribution in [-0.2, 0) is 4.79 Å². The highest BCUT2D eigenvalue weighted by molar-refractivity contribution is 5.85. The van der Waals surface area contributed by atoms with Gasteiger partial charge in [0.25, 0.3) is 0 Å². The van der Waals surface area contributed by atoms with Crippen LogP contribution >= 0.6 is 0 Å². The summed E-state index contributed by atoms with van der Waals surface area (Å²) < 4.78 is 0. The molecule has 0 bridgehead atoms. The van der Waals surface area contributed by atoms with Crippen molar-refractivity contribution in [2.75, 3.05) is 13.1 Å². The number of amides is 2. The molecule has 2 amide bonds. The summed E-state index contributed by atoms with van der Waals surface area (Å²) in [4.78, 5) is 24.8. The molecule has 0 atom stereocenters. The minimum absolute atomic E-state index is 0.239. The second-order valence-electron chi connectivity index (χ2n) is 5.97. The first-order valence-electron chi connectivity index (χ1n) is 7.08. The van der Waals surface area contributed by atoms with Gasteiger partial charge in [-0.05, 0) is 45.4 Å².